The third-order valence-corrected chi connectivity index (χ3v) is 3.54. The van der Waals surface area contributed by atoms with Crippen molar-refractivity contribution in [1.29, 1.82) is 0 Å². The van der Waals surface area contributed by atoms with Crippen LogP contribution in [-0.4, -0.2) is 17.2 Å². The normalized spacial score (nSPS) is 12.5. The topological polar surface area (TPSA) is 17.0 Å². The maximum Gasteiger partial charge on any atom is 0.0247 e. The van der Waals surface area contributed by atoms with E-state index in [0.29, 0.717) is 5.92 Å². The number of hydrogen-bond acceptors (Lipinski definition) is 1. The number of rotatable bonds is 5. The number of aryl methyl sites for hydroxylation is 1. The van der Waals surface area contributed by atoms with Crippen LogP contribution in [0.1, 0.15) is 44.6 Å². The van der Waals surface area contributed by atoms with Crippen LogP contribution >= 0.6 is 0 Å². The molecule has 0 unspecified atom stereocenters. The van der Waals surface area contributed by atoms with E-state index in [9.17, 15) is 0 Å². The quantitative estimate of drug-likeness (QED) is 0.830. The van der Waals surface area contributed by atoms with E-state index in [-0.39, 0.29) is 5.54 Å². The fourth-order valence-corrected chi connectivity index (χ4v) is 2.26. The zero-order valence-electron chi connectivity index (χ0n) is 12.5. The number of likely N-dealkylation sites (N-methyl/N-ethyl adjacent to an activating group) is 1. The third-order valence-electron chi connectivity index (χ3n) is 3.54. The molecule has 0 aliphatic rings. The fourth-order valence-electron chi connectivity index (χ4n) is 2.26. The molecule has 1 rings (SSSR count). The molecule has 17 heavy (non-hydrogen) atoms. The lowest BCUT2D eigenvalue weighted by molar-refractivity contribution is 0.420. The number of hydrogen-bond donors (Lipinski definition) is 1. The van der Waals surface area contributed by atoms with Gasteiger partial charge in [-0.15, -0.1) is 0 Å². The van der Waals surface area contributed by atoms with Crippen LogP contribution in [0.4, 0.5) is 0 Å². The van der Waals surface area contributed by atoms with Gasteiger partial charge in [0.2, 0.25) is 0 Å². The van der Waals surface area contributed by atoms with Crippen molar-refractivity contribution in [3.8, 4) is 0 Å². The molecule has 1 aromatic heterocycles. The minimum Gasteiger partial charge on any atom is -0.349 e. The van der Waals surface area contributed by atoms with E-state index < -0.39 is 0 Å². The van der Waals surface area contributed by atoms with Gasteiger partial charge in [-0.1, -0.05) is 13.8 Å². The van der Waals surface area contributed by atoms with E-state index in [0.717, 1.165) is 13.0 Å². The van der Waals surface area contributed by atoms with Gasteiger partial charge in [0.1, 0.15) is 0 Å². The summed E-state index contributed by atoms with van der Waals surface area (Å²) in [6.07, 6.45) is 1.08. The van der Waals surface area contributed by atoms with Crippen molar-refractivity contribution in [1.82, 2.24) is 9.88 Å². The molecule has 1 aromatic rings. The molecule has 0 aliphatic carbocycles. The maximum atomic E-state index is 3.38. The number of nitrogens with zero attached hydrogens (tertiary/aromatic N) is 1. The third kappa shape index (κ3) is 3.60. The van der Waals surface area contributed by atoms with E-state index in [1.807, 2.05) is 7.05 Å². The van der Waals surface area contributed by atoms with E-state index in [1.54, 1.807) is 0 Å². The molecule has 98 valence electrons. The van der Waals surface area contributed by atoms with Crippen LogP contribution in [0.5, 0.6) is 0 Å². The summed E-state index contributed by atoms with van der Waals surface area (Å²) in [7, 11) is 2.04. The number of aromatic nitrogens is 1. The highest BCUT2D eigenvalue weighted by molar-refractivity contribution is 5.28. The molecular formula is C15H28N2. The van der Waals surface area contributed by atoms with Crippen molar-refractivity contribution in [2.45, 2.75) is 60.0 Å². The highest BCUT2D eigenvalue weighted by Crippen LogP contribution is 2.21. The zero-order chi connectivity index (χ0) is 13.2. The van der Waals surface area contributed by atoms with Crippen molar-refractivity contribution in [3.63, 3.8) is 0 Å². The molecule has 2 nitrogen and oxygen atoms in total. The summed E-state index contributed by atoms with van der Waals surface area (Å²) in [5, 5.41) is 3.38. The second-order valence-electron chi connectivity index (χ2n) is 6.21. The highest BCUT2D eigenvalue weighted by Gasteiger charge is 2.19. The van der Waals surface area contributed by atoms with Crippen molar-refractivity contribution in [3.05, 3.63) is 23.0 Å². The smallest absolute Gasteiger partial charge is 0.0247 e. The first-order valence-corrected chi connectivity index (χ1v) is 6.61. The first kappa shape index (κ1) is 14.3. The first-order valence-electron chi connectivity index (χ1n) is 6.61. The summed E-state index contributed by atoms with van der Waals surface area (Å²) in [6.45, 7) is 14.6. The van der Waals surface area contributed by atoms with E-state index in [2.05, 4.69) is 57.5 Å². The minimum absolute atomic E-state index is 0.168. The predicted molar refractivity (Wildman–Crippen MR) is 75.6 cm³/mol. The van der Waals surface area contributed by atoms with Gasteiger partial charge < -0.3 is 9.88 Å². The molecule has 0 aromatic carbocycles. The Labute approximate surface area is 106 Å². The molecule has 0 atom stereocenters. The first-order chi connectivity index (χ1) is 7.76. The Kier molecular flexibility index (Phi) is 4.42. The van der Waals surface area contributed by atoms with Gasteiger partial charge in [-0.25, -0.2) is 0 Å². The van der Waals surface area contributed by atoms with Gasteiger partial charge in [-0.05, 0) is 58.7 Å². The second-order valence-corrected chi connectivity index (χ2v) is 6.21. The van der Waals surface area contributed by atoms with Crippen molar-refractivity contribution >= 4 is 0 Å². The van der Waals surface area contributed by atoms with Gasteiger partial charge >= 0.3 is 0 Å². The Morgan fingerprint density at radius 1 is 1.29 bits per heavy atom. The SMILES string of the molecule is CNC(C)(C)Cc1cc(C)n(CC(C)C)c1C. The molecular weight excluding hydrogens is 208 g/mol. The Hall–Kier alpha value is -0.760. The molecule has 0 bridgehead atoms. The van der Waals surface area contributed by atoms with E-state index in [1.165, 1.54) is 17.0 Å². The lowest BCUT2D eigenvalue weighted by Gasteiger charge is -2.24. The average molecular weight is 236 g/mol. The van der Waals surface area contributed by atoms with Gasteiger partial charge in [0, 0.05) is 23.5 Å². The Morgan fingerprint density at radius 2 is 1.88 bits per heavy atom. The van der Waals surface area contributed by atoms with E-state index in [4.69, 9.17) is 0 Å². The molecule has 0 amide bonds. The van der Waals surface area contributed by atoms with Crippen LogP contribution in [0.2, 0.25) is 0 Å². The second kappa shape index (κ2) is 5.26. The van der Waals surface area contributed by atoms with Crippen LogP contribution < -0.4 is 5.32 Å². The molecule has 0 saturated carbocycles. The zero-order valence-corrected chi connectivity index (χ0v) is 12.5. The molecule has 0 spiro atoms. The van der Waals surface area contributed by atoms with Crippen LogP contribution in [0, 0.1) is 19.8 Å². The highest BCUT2D eigenvalue weighted by atomic mass is 15.0. The predicted octanol–water partition coefficient (Wildman–Crippen LogP) is 3.30. The van der Waals surface area contributed by atoms with Crippen LogP contribution in [-0.2, 0) is 13.0 Å². The van der Waals surface area contributed by atoms with Gasteiger partial charge in [0.05, 0.1) is 0 Å². The monoisotopic (exact) mass is 236 g/mol. The van der Waals surface area contributed by atoms with Gasteiger partial charge in [-0.3, -0.25) is 0 Å². The van der Waals surface area contributed by atoms with Gasteiger partial charge in [0.15, 0.2) is 0 Å². The molecule has 0 saturated heterocycles. The summed E-state index contributed by atoms with van der Waals surface area (Å²) in [5.41, 5.74) is 4.46. The fraction of sp³-hybridized carbons (Fsp3) is 0.733. The summed E-state index contributed by atoms with van der Waals surface area (Å²) in [4.78, 5) is 0. The standard InChI is InChI=1S/C15H28N2/c1-11(2)10-17-12(3)8-14(13(17)4)9-15(5,6)16-7/h8,11,16H,9-10H2,1-7H3. The molecule has 0 radical (unpaired) electrons. The Morgan fingerprint density at radius 3 is 2.35 bits per heavy atom. The van der Waals surface area contributed by atoms with Gasteiger partial charge in [0.25, 0.3) is 0 Å². The molecule has 0 aliphatic heterocycles. The molecule has 0 fully saturated rings. The summed E-state index contributed by atoms with van der Waals surface area (Å²) in [6, 6.07) is 2.34. The maximum absolute atomic E-state index is 3.38. The Balaban J connectivity index is 2.96. The summed E-state index contributed by atoms with van der Waals surface area (Å²) >= 11 is 0. The lowest BCUT2D eigenvalue weighted by atomic mass is 9.95. The van der Waals surface area contributed by atoms with Crippen molar-refractivity contribution in [2.24, 2.45) is 5.92 Å². The number of nitrogens with one attached hydrogen (secondary N) is 1. The summed E-state index contributed by atoms with van der Waals surface area (Å²) < 4.78 is 2.45. The molecule has 1 N–H and O–H groups in total. The lowest BCUT2D eigenvalue weighted by Crippen LogP contribution is -2.38. The average Bonchev–Trinajstić information content (AvgIpc) is 2.45. The largest absolute Gasteiger partial charge is 0.349 e. The minimum atomic E-state index is 0.168. The van der Waals surface area contributed by atoms with Crippen LogP contribution in [0.25, 0.3) is 0 Å². The van der Waals surface area contributed by atoms with Crippen molar-refractivity contribution in [2.75, 3.05) is 7.05 Å². The molecule has 2 heteroatoms. The van der Waals surface area contributed by atoms with Crippen LogP contribution in [0.15, 0.2) is 6.07 Å². The Bertz CT molecular complexity index is 373. The van der Waals surface area contributed by atoms with Crippen molar-refractivity contribution < 1.29 is 0 Å². The van der Waals surface area contributed by atoms with E-state index >= 15 is 0 Å². The van der Waals surface area contributed by atoms with Crippen LogP contribution in [0.3, 0.4) is 0 Å². The summed E-state index contributed by atoms with van der Waals surface area (Å²) in [5.74, 6) is 0.699. The van der Waals surface area contributed by atoms with Gasteiger partial charge in [-0.2, -0.15) is 0 Å². The molecule has 1 heterocycles.